The molecule has 2 heterocycles. The van der Waals surface area contributed by atoms with Crippen LogP contribution in [0.4, 0.5) is 4.39 Å². The summed E-state index contributed by atoms with van der Waals surface area (Å²) in [6.07, 6.45) is 3.90. The van der Waals surface area contributed by atoms with Gasteiger partial charge in [0, 0.05) is 19.3 Å². The zero-order valence-corrected chi connectivity index (χ0v) is 13.4. The Bertz CT molecular complexity index is 779. The third-order valence-corrected chi connectivity index (χ3v) is 5.64. The summed E-state index contributed by atoms with van der Waals surface area (Å²) < 4.78 is 47.3. The van der Waals surface area contributed by atoms with Gasteiger partial charge in [0.2, 0.25) is 10.0 Å². The summed E-state index contributed by atoms with van der Waals surface area (Å²) in [5.74, 6) is -0.631. The molecule has 124 valence electrons. The molecular formula is C14H17FN4O3S. The van der Waals surface area contributed by atoms with E-state index in [1.807, 2.05) is 0 Å². The molecule has 9 heteroatoms. The SMILES string of the molecule is CCOc1ccc(S(=O)(=O)N2CCC(n3ccnn3)C2)cc1F. The molecule has 1 unspecified atom stereocenters. The average molecular weight is 340 g/mol. The van der Waals surface area contributed by atoms with Crippen LogP contribution in [0, 0.1) is 5.82 Å². The normalized spacial score (nSPS) is 19.1. The average Bonchev–Trinajstić information content (AvgIpc) is 3.20. The van der Waals surface area contributed by atoms with Crippen LogP contribution in [0.15, 0.2) is 35.5 Å². The number of nitrogens with zero attached hydrogens (tertiary/aromatic N) is 4. The van der Waals surface area contributed by atoms with E-state index in [0.717, 1.165) is 6.07 Å². The van der Waals surface area contributed by atoms with Gasteiger partial charge in [0.1, 0.15) is 0 Å². The lowest BCUT2D eigenvalue weighted by atomic mass is 10.3. The summed E-state index contributed by atoms with van der Waals surface area (Å²) in [5.41, 5.74) is 0. The van der Waals surface area contributed by atoms with Crippen molar-refractivity contribution < 1.29 is 17.5 Å². The van der Waals surface area contributed by atoms with Crippen molar-refractivity contribution in [2.24, 2.45) is 0 Å². The van der Waals surface area contributed by atoms with E-state index < -0.39 is 15.8 Å². The Morgan fingerprint density at radius 2 is 2.26 bits per heavy atom. The second kappa shape index (κ2) is 6.25. The number of benzene rings is 1. The highest BCUT2D eigenvalue weighted by Crippen LogP contribution is 2.28. The lowest BCUT2D eigenvalue weighted by Gasteiger charge is -2.17. The van der Waals surface area contributed by atoms with Gasteiger partial charge in [-0.1, -0.05) is 5.21 Å². The second-order valence-corrected chi connectivity index (χ2v) is 7.15. The Morgan fingerprint density at radius 1 is 1.43 bits per heavy atom. The van der Waals surface area contributed by atoms with Crippen molar-refractivity contribution in [3.05, 3.63) is 36.4 Å². The predicted octanol–water partition coefficient (Wildman–Crippen LogP) is 1.45. The number of aromatic nitrogens is 3. The molecular weight excluding hydrogens is 323 g/mol. The fourth-order valence-electron chi connectivity index (χ4n) is 2.62. The Labute approximate surface area is 133 Å². The zero-order valence-electron chi connectivity index (χ0n) is 12.6. The van der Waals surface area contributed by atoms with E-state index in [4.69, 9.17) is 4.74 Å². The lowest BCUT2D eigenvalue weighted by molar-refractivity contribution is 0.321. The van der Waals surface area contributed by atoms with Gasteiger partial charge in [-0.2, -0.15) is 4.31 Å². The first-order valence-electron chi connectivity index (χ1n) is 7.30. The minimum Gasteiger partial charge on any atom is -0.491 e. The molecule has 0 spiro atoms. The smallest absolute Gasteiger partial charge is 0.243 e. The molecule has 0 amide bonds. The van der Waals surface area contributed by atoms with Gasteiger partial charge in [-0.25, -0.2) is 17.5 Å². The minimum absolute atomic E-state index is 0.0494. The fraction of sp³-hybridized carbons (Fsp3) is 0.429. The highest BCUT2D eigenvalue weighted by molar-refractivity contribution is 7.89. The molecule has 1 fully saturated rings. The van der Waals surface area contributed by atoms with Gasteiger partial charge in [0.25, 0.3) is 0 Å². The molecule has 0 N–H and O–H groups in total. The third kappa shape index (κ3) is 3.06. The Morgan fingerprint density at radius 3 is 2.91 bits per heavy atom. The van der Waals surface area contributed by atoms with Crippen molar-refractivity contribution in [3.63, 3.8) is 0 Å². The highest BCUT2D eigenvalue weighted by atomic mass is 32.2. The lowest BCUT2D eigenvalue weighted by Crippen LogP contribution is -2.29. The maximum Gasteiger partial charge on any atom is 0.243 e. The second-order valence-electron chi connectivity index (χ2n) is 5.21. The van der Waals surface area contributed by atoms with E-state index in [2.05, 4.69) is 10.3 Å². The van der Waals surface area contributed by atoms with Gasteiger partial charge >= 0.3 is 0 Å². The molecule has 0 bridgehead atoms. The van der Waals surface area contributed by atoms with Crippen LogP contribution in [0.3, 0.4) is 0 Å². The Kier molecular flexibility index (Phi) is 4.31. The molecule has 23 heavy (non-hydrogen) atoms. The third-order valence-electron chi connectivity index (χ3n) is 3.78. The Hall–Kier alpha value is -2.00. The number of rotatable bonds is 5. The van der Waals surface area contributed by atoms with Gasteiger partial charge < -0.3 is 4.74 Å². The van der Waals surface area contributed by atoms with Crippen LogP contribution in [0.5, 0.6) is 5.75 Å². The summed E-state index contributed by atoms with van der Waals surface area (Å²) in [6, 6.07) is 3.66. The summed E-state index contributed by atoms with van der Waals surface area (Å²) >= 11 is 0. The number of ether oxygens (including phenoxy) is 1. The molecule has 1 aromatic carbocycles. The van der Waals surface area contributed by atoms with Crippen molar-refractivity contribution >= 4 is 10.0 Å². The summed E-state index contributed by atoms with van der Waals surface area (Å²) in [6.45, 7) is 2.70. The minimum atomic E-state index is -3.74. The standard InChI is InChI=1S/C14H17FN4O3S/c1-2-22-14-4-3-12(9-13(14)15)23(20,21)18-7-5-11(10-18)19-8-6-16-17-19/h3-4,6,8-9,11H,2,5,7,10H2,1H3. The van der Waals surface area contributed by atoms with Gasteiger partial charge in [-0.3, -0.25) is 0 Å². The molecule has 1 atom stereocenters. The molecule has 3 rings (SSSR count). The van der Waals surface area contributed by atoms with E-state index in [1.165, 1.54) is 16.4 Å². The van der Waals surface area contributed by atoms with E-state index in [1.54, 1.807) is 24.0 Å². The Balaban J connectivity index is 1.81. The first-order valence-corrected chi connectivity index (χ1v) is 8.74. The quantitative estimate of drug-likeness (QED) is 0.823. The van der Waals surface area contributed by atoms with Gasteiger partial charge in [-0.05, 0) is 31.5 Å². The van der Waals surface area contributed by atoms with Crippen molar-refractivity contribution in [2.45, 2.75) is 24.3 Å². The van der Waals surface area contributed by atoms with E-state index in [0.29, 0.717) is 26.1 Å². The molecule has 0 saturated carbocycles. The fourth-order valence-corrected chi connectivity index (χ4v) is 4.13. The zero-order chi connectivity index (χ0) is 16.4. The van der Waals surface area contributed by atoms with Gasteiger partial charge in [-0.15, -0.1) is 5.10 Å². The molecule has 0 aliphatic carbocycles. The van der Waals surface area contributed by atoms with Crippen molar-refractivity contribution in [1.29, 1.82) is 0 Å². The van der Waals surface area contributed by atoms with Crippen LogP contribution in [-0.4, -0.2) is 47.4 Å². The first kappa shape index (κ1) is 15.9. The maximum absolute atomic E-state index is 13.9. The van der Waals surface area contributed by atoms with Crippen LogP contribution in [0.2, 0.25) is 0 Å². The van der Waals surface area contributed by atoms with Crippen molar-refractivity contribution in [2.75, 3.05) is 19.7 Å². The molecule has 0 radical (unpaired) electrons. The molecule has 1 aliphatic heterocycles. The molecule has 1 aromatic heterocycles. The largest absolute Gasteiger partial charge is 0.491 e. The summed E-state index contributed by atoms with van der Waals surface area (Å²) in [7, 11) is -3.74. The monoisotopic (exact) mass is 340 g/mol. The number of sulfonamides is 1. The predicted molar refractivity (Wildman–Crippen MR) is 80.0 cm³/mol. The molecule has 1 saturated heterocycles. The molecule has 1 aliphatic rings. The number of hydrogen-bond donors (Lipinski definition) is 0. The maximum atomic E-state index is 13.9. The summed E-state index contributed by atoms with van der Waals surface area (Å²) in [5, 5.41) is 7.63. The van der Waals surface area contributed by atoms with Crippen LogP contribution in [0.1, 0.15) is 19.4 Å². The van der Waals surface area contributed by atoms with E-state index in [9.17, 15) is 12.8 Å². The molecule has 7 nitrogen and oxygen atoms in total. The topological polar surface area (TPSA) is 77.3 Å². The number of halogens is 1. The first-order chi connectivity index (χ1) is 11.0. The van der Waals surface area contributed by atoms with Crippen LogP contribution in [0.25, 0.3) is 0 Å². The summed E-state index contributed by atoms with van der Waals surface area (Å²) in [4.78, 5) is -0.0716. The molecule has 2 aromatic rings. The van der Waals surface area contributed by atoms with E-state index >= 15 is 0 Å². The van der Waals surface area contributed by atoms with Crippen molar-refractivity contribution in [1.82, 2.24) is 19.3 Å². The van der Waals surface area contributed by atoms with Crippen LogP contribution < -0.4 is 4.74 Å². The van der Waals surface area contributed by atoms with Gasteiger partial charge in [0.15, 0.2) is 11.6 Å². The van der Waals surface area contributed by atoms with E-state index in [-0.39, 0.29) is 16.7 Å². The van der Waals surface area contributed by atoms with Crippen molar-refractivity contribution in [3.8, 4) is 5.75 Å². The number of hydrogen-bond acceptors (Lipinski definition) is 5. The van der Waals surface area contributed by atoms with Gasteiger partial charge in [0.05, 0.1) is 23.7 Å². The van der Waals surface area contributed by atoms with Crippen LogP contribution in [-0.2, 0) is 10.0 Å². The highest BCUT2D eigenvalue weighted by Gasteiger charge is 2.34. The van der Waals surface area contributed by atoms with Crippen LogP contribution >= 0.6 is 0 Å².